The lowest BCUT2D eigenvalue weighted by molar-refractivity contribution is -0.132. The molecule has 2 amide bonds. The monoisotopic (exact) mass is 288 g/mol. The molecule has 1 N–H and O–H groups in total. The molecule has 0 saturated carbocycles. The summed E-state index contributed by atoms with van der Waals surface area (Å²) in [4.78, 5) is 26.2. The van der Waals surface area contributed by atoms with E-state index in [0.717, 1.165) is 24.9 Å². The molecule has 2 rings (SSSR count). The second kappa shape index (κ2) is 7.25. The van der Waals surface area contributed by atoms with E-state index in [9.17, 15) is 9.59 Å². The quantitative estimate of drug-likeness (QED) is 0.646. The van der Waals surface area contributed by atoms with Gasteiger partial charge in [-0.3, -0.25) is 9.59 Å². The third kappa shape index (κ3) is 3.63. The van der Waals surface area contributed by atoms with Crippen molar-refractivity contribution in [3.8, 4) is 0 Å². The first-order chi connectivity index (χ1) is 10.2. The number of nitrogens with zero attached hydrogens (tertiary/aromatic N) is 1. The van der Waals surface area contributed by atoms with Crippen molar-refractivity contribution in [3.05, 3.63) is 29.8 Å². The fourth-order valence-corrected chi connectivity index (χ4v) is 2.60. The summed E-state index contributed by atoms with van der Waals surface area (Å²) < 4.78 is 0. The molecular formula is C17H24N2O2. The molecule has 0 unspecified atom stereocenters. The van der Waals surface area contributed by atoms with E-state index in [-0.39, 0.29) is 11.8 Å². The zero-order valence-electron chi connectivity index (χ0n) is 12.9. The normalized spacial score (nSPS) is 18.1. The molecular weight excluding hydrogens is 264 g/mol. The minimum atomic E-state index is -0.521. The van der Waals surface area contributed by atoms with Gasteiger partial charge in [-0.05, 0) is 37.0 Å². The minimum absolute atomic E-state index is 0.0757. The molecule has 0 radical (unpaired) electrons. The van der Waals surface area contributed by atoms with Gasteiger partial charge in [-0.15, -0.1) is 0 Å². The molecule has 0 spiro atoms. The van der Waals surface area contributed by atoms with Gasteiger partial charge in [0.1, 0.15) is 5.92 Å². The molecule has 114 valence electrons. The van der Waals surface area contributed by atoms with Gasteiger partial charge >= 0.3 is 0 Å². The van der Waals surface area contributed by atoms with Crippen LogP contribution in [-0.2, 0) is 16.0 Å². The molecule has 1 heterocycles. The standard InChI is InChI=1S/C17H24N2O2/c1-3-5-11-18-16(20)15-10-12-19(17(15)21)14-8-6-13(4-2)7-9-14/h6-9,15H,3-5,10-12H2,1-2H3,(H,18,20)/t15-/m1/s1. The number of rotatable bonds is 6. The van der Waals surface area contributed by atoms with E-state index in [1.807, 2.05) is 24.3 Å². The molecule has 0 aromatic heterocycles. The van der Waals surface area contributed by atoms with Gasteiger partial charge in [0, 0.05) is 18.8 Å². The second-order valence-electron chi connectivity index (χ2n) is 5.50. The van der Waals surface area contributed by atoms with Crippen LogP contribution in [0, 0.1) is 5.92 Å². The van der Waals surface area contributed by atoms with Crippen molar-refractivity contribution in [2.45, 2.75) is 39.5 Å². The maximum absolute atomic E-state index is 12.4. The lowest BCUT2D eigenvalue weighted by Gasteiger charge is -2.17. The van der Waals surface area contributed by atoms with Crippen molar-refractivity contribution >= 4 is 17.5 Å². The molecule has 1 aliphatic rings. The largest absolute Gasteiger partial charge is 0.355 e. The van der Waals surface area contributed by atoms with E-state index in [1.165, 1.54) is 5.56 Å². The molecule has 4 heteroatoms. The Balaban J connectivity index is 1.98. The Bertz CT molecular complexity index is 496. The summed E-state index contributed by atoms with van der Waals surface area (Å²) in [5.41, 5.74) is 2.14. The molecule has 1 aromatic rings. The van der Waals surface area contributed by atoms with Crippen LogP contribution >= 0.6 is 0 Å². The number of hydrogen-bond acceptors (Lipinski definition) is 2. The second-order valence-corrected chi connectivity index (χ2v) is 5.50. The van der Waals surface area contributed by atoms with Crippen LogP contribution in [0.1, 0.15) is 38.7 Å². The van der Waals surface area contributed by atoms with Crippen LogP contribution in [0.5, 0.6) is 0 Å². The lowest BCUT2D eigenvalue weighted by atomic mass is 10.1. The number of amides is 2. The summed E-state index contributed by atoms with van der Waals surface area (Å²) in [5, 5.41) is 2.86. The van der Waals surface area contributed by atoms with E-state index < -0.39 is 5.92 Å². The van der Waals surface area contributed by atoms with Crippen LogP contribution in [0.4, 0.5) is 5.69 Å². The highest BCUT2D eigenvalue weighted by Crippen LogP contribution is 2.25. The Morgan fingerprint density at radius 1 is 1.29 bits per heavy atom. The molecule has 1 aliphatic heterocycles. The van der Waals surface area contributed by atoms with Gasteiger partial charge in [0.2, 0.25) is 11.8 Å². The van der Waals surface area contributed by atoms with Crippen molar-refractivity contribution in [2.24, 2.45) is 5.92 Å². The first kappa shape index (κ1) is 15.5. The summed E-state index contributed by atoms with van der Waals surface area (Å²) in [6.45, 7) is 5.46. The molecule has 21 heavy (non-hydrogen) atoms. The maximum atomic E-state index is 12.4. The molecule has 1 fully saturated rings. The van der Waals surface area contributed by atoms with Crippen LogP contribution in [-0.4, -0.2) is 24.9 Å². The highest BCUT2D eigenvalue weighted by atomic mass is 16.2. The summed E-state index contributed by atoms with van der Waals surface area (Å²) >= 11 is 0. The van der Waals surface area contributed by atoms with E-state index in [1.54, 1.807) is 4.90 Å². The fraction of sp³-hybridized carbons (Fsp3) is 0.529. The average Bonchev–Trinajstić information content (AvgIpc) is 2.89. The summed E-state index contributed by atoms with van der Waals surface area (Å²) in [6.07, 6.45) is 3.58. The number of anilines is 1. The SMILES string of the molecule is CCCCNC(=O)[C@H]1CCN(c2ccc(CC)cc2)C1=O. The number of unbranched alkanes of at least 4 members (excludes halogenated alkanes) is 1. The summed E-state index contributed by atoms with van der Waals surface area (Å²) in [6, 6.07) is 8.01. The van der Waals surface area contributed by atoms with Crippen LogP contribution in [0.15, 0.2) is 24.3 Å². The Kier molecular flexibility index (Phi) is 5.37. The topological polar surface area (TPSA) is 49.4 Å². The highest BCUT2D eigenvalue weighted by Gasteiger charge is 2.37. The van der Waals surface area contributed by atoms with E-state index in [0.29, 0.717) is 19.5 Å². The lowest BCUT2D eigenvalue weighted by Crippen LogP contribution is -2.37. The average molecular weight is 288 g/mol. The zero-order valence-corrected chi connectivity index (χ0v) is 12.9. The third-order valence-electron chi connectivity index (χ3n) is 4.01. The number of carbonyl (C=O) groups is 2. The summed E-state index contributed by atoms with van der Waals surface area (Å²) in [7, 11) is 0. The van der Waals surface area contributed by atoms with Gasteiger partial charge in [-0.25, -0.2) is 0 Å². The first-order valence-electron chi connectivity index (χ1n) is 7.85. The predicted molar refractivity (Wildman–Crippen MR) is 84.2 cm³/mol. The van der Waals surface area contributed by atoms with E-state index >= 15 is 0 Å². The van der Waals surface area contributed by atoms with Crippen molar-refractivity contribution < 1.29 is 9.59 Å². The van der Waals surface area contributed by atoms with Crippen molar-refractivity contribution in [1.82, 2.24) is 5.32 Å². The Hall–Kier alpha value is -1.84. The smallest absolute Gasteiger partial charge is 0.239 e. The zero-order chi connectivity index (χ0) is 15.2. The summed E-state index contributed by atoms with van der Waals surface area (Å²) in [5.74, 6) is -0.720. The van der Waals surface area contributed by atoms with Crippen molar-refractivity contribution in [1.29, 1.82) is 0 Å². The van der Waals surface area contributed by atoms with Crippen molar-refractivity contribution in [3.63, 3.8) is 0 Å². The van der Waals surface area contributed by atoms with Crippen LogP contribution < -0.4 is 10.2 Å². The van der Waals surface area contributed by atoms with Crippen LogP contribution in [0.2, 0.25) is 0 Å². The highest BCUT2D eigenvalue weighted by molar-refractivity contribution is 6.09. The number of aryl methyl sites for hydroxylation is 1. The number of benzene rings is 1. The Morgan fingerprint density at radius 3 is 2.62 bits per heavy atom. The van der Waals surface area contributed by atoms with Gasteiger partial charge in [0.05, 0.1) is 0 Å². The minimum Gasteiger partial charge on any atom is -0.355 e. The Morgan fingerprint density at radius 2 is 2.00 bits per heavy atom. The number of hydrogen-bond donors (Lipinski definition) is 1. The number of nitrogens with one attached hydrogen (secondary N) is 1. The predicted octanol–water partition coefficient (Wildman–Crippen LogP) is 2.52. The molecule has 1 saturated heterocycles. The van der Waals surface area contributed by atoms with Gasteiger partial charge in [-0.1, -0.05) is 32.4 Å². The van der Waals surface area contributed by atoms with Crippen LogP contribution in [0.3, 0.4) is 0 Å². The third-order valence-corrected chi connectivity index (χ3v) is 4.01. The molecule has 0 aliphatic carbocycles. The Labute approximate surface area is 126 Å². The number of carbonyl (C=O) groups excluding carboxylic acids is 2. The molecule has 0 bridgehead atoms. The van der Waals surface area contributed by atoms with Gasteiger partial charge < -0.3 is 10.2 Å². The van der Waals surface area contributed by atoms with E-state index in [4.69, 9.17) is 0 Å². The first-order valence-corrected chi connectivity index (χ1v) is 7.85. The fourth-order valence-electron chi connectivity index (χ4n) is 2.60. The van der Waals surface area contributed by atoms with Crippen molar-refractivity contribution in [2.75, 3.05) is 18.0 Å². The van der Waals surface area contributed by atoms with Gasteiger partial charge in [-0.2, -0.15) is 0 Å². The molecule has 1 atom stereocenters. The van der Waals surface area contributed by atoms with Gasteiger partial charge in [0.15, 0.2) is 0 Å². The molecule has 1 aromatic carbocycles. The molecule has 4 nitrogen and oxygen atoms in total. The van der Waals surface area contributed by atoms with Gasteiger partial charge in [0.25, 0.3) is 0 Å². The van der Waals surface area contributed by atoms with E-state index in [2.05, 4.69) is 19.2 Å². The maximum Gasteiger partial charge on any atom is 0.239 e. The van der Waals surface area contributed by atoms with Crippen LogP contribution in [0.25, 0.3) is 0 Å².